The van der Waals surface area contributed by atoms with E-state index in [2.05, 4.69) is 0 Å². The van der Waals surface area contributed by atoms with Gasteiger partial charge >= 0.3 is 0 Å². The van der Waals surface area contributed by atoms with Crippen LogP contribution in [0, 0.1) is 10.1 Å². The van der Waals surface area contributed by atoms with Gasteiger partial charge in [0, 0.05) is 35.2 Å². The van der Waals surface area contributed by atoms with Crippen molar-refractivity contribution in [3.05, 3.63) is 130 Å². The van der Waals surface area contributed by atoms with Gasteiger partial charge in [-0.3, -0.25) is 14.9 Å². The van der Waals surface area contributed by atoms with Crippen LogP contribution < -0.4 is 4.90 Å². The van der Waals surface area contributed by atoms with E-state index >= 15 is 0 Å². The van der Waals surface area contributed by atoms with Crippen molar-refractivity contribution in [1.82, 2.24) is 0 Å². The summed E-state index contributed by atoms with van der Waals surface area (Å²) in [5.74, 6) is -0.0692. The van der Waals surface area contributed by atoms with Gasteiger partial charge in [0.2, 0.25) is 0 Å². The first-order chi connectivity index (χ1) is 14.1. The number of benzene rings is 3. The number of nitrogens with zero attached hydrogens (tertiary/aromatic N) is 2. The fourth-order valence-electron chi connectivity index (χ4n) is 3.35. The van der Waals surface area contributed by atoms with Crippen molar-refractivity contribution in [2.24, 2.45) is 0 Å². The van der Waals surface area contributed by atoms with E-state index in [0.29, 0.717) is 11.1 Å². The Morgan fingerprint density at radius 3 is 2.10 bits per heavy atom. The zero-order chi connectivity index (χ0) is 20.2. The predicted octanol–water partition coefficient (Wildman–Crippen LogP) is 5.48. The van der Waals surface area contributed by atoms with Crippen LogP contribution in [0.2, 0.25) is 0 Å². The highest BCUT2D eigenvalue weighted by Gasteiger charge is 2.24. The van der Waals surface area contributed by atoms with Crippen molar-refractivity contribution in [2.45, 2.75) is 6.04 Å². The first kappa shape index (κ1) is 18.4. The highest BCUT2D eigenvalue weighted by Crippen LogP contribution is 2.34. The summed E-state index contributed by atoms with van der Waals surface area (Å²) in [4.78, 5) is 25.5. The minimum absolute atomic E-state index is 0.0297. The van der Waals surface area contributed by atoms with Crippen LogP contribution in [0.3, 0.4) is 0 Å². The lowest BCUT2D eigenvalue weighted by molar-refractivity contribution is -0.384. The molecule has 0 fully saturated rings. The van der Waals surface area contributed by atoms with Crippen molar-refractivity contribution in [1.29, 1.82) is 0 Å². The second-order valence-electron chi connectivity index (χ2n) is 6.68. The number of rotatable bonds is 5. The third-order valence-corrected chi connectivity index (χ3v) is 4.83. The molecule has 3 aromatic rings. The summed E-state index contributed by atoms with van der Waals surface area (Å²) in [7, 11) is 0. The van der Waals surface area contributed by atoms with Gasteiger partial charge in [-0.05, 0) is 17.7 Å². The molecule has 1 atom stereocenters. The summed E-state index contributed by atoms with van der Waals surface area (Å²) < 4.78 is 0. The van der Waals surface area contributed by atoms with Gasteiger partial charge in [-0.1, -0.05) is 72.8 Å². The zero-order valence-corrected chi connectivity index (χ0v) is 15.5. The molecule has 0 N–H and O–H groups in total. The molecule has 3 aromatic carbocycles. The third kappa shape index (κ3) is 3.84. The molecule has 142 valence electrons. The number of nitro groups is 1. The van der Waals surface area contributed by atoms with Crippen LogP contribution in [0.15, 0.2) is 109 Å². The van der Waals surface area contributed by atoms with E-state index in [4.69, 9.17) is 0 Å². The maximum absolute atomic E-state index is 12.9. The fourth-order valence-corrected chi connectivity index (χ4v) is 3.35. The molecule has 1 unspecified atom stereocenters. The van der Waals surface area contributed by atoms with Crippen LogP contribution in [0.25, 0.3) is 0 Å². The van der Waals surface area contributed by atoms with Crippen LogP contribution in [0.5, 0.6) is 0 Å². The monoisotopic (exact) mass is 382 g/mol. The maximum atomic E-state index is 12.9. The minimum Gasteiger partial charge on any atom is -0.336 e. The molecule has 0 radical (unpaired) electrons. The maximum Gasteiger partial charge on any atom is 0.269 e. The second-order valence-corrected chi connectivity index (χ2v) is 6.68. The molecule has 29 heavy (non-hydrogen) atoms. The van der Waals surface area contributed by atoms with E-state index in [1.807, 2.05) is 71.8 Å². The summed E-state index contributed by atoms with van der Waals surface area (Å²) in [6, 6.07) is 25.3. The van der Waals surface area contributed by atoms with Gasteiger partial charge in [0.15, 0.2) is 5.78 Å². The average Bonchev–Trinajstić information content (AvgIpc) is 2.79. The number of nitro benzene ring substituents is 1. The van der Waals surface area contributed by atoms with Gasteiger partial charge in [-0.2, -0.15) is 0 Å². The van der Waals surface area contributed by atoms with E-state index in [1.54, 1.807) is 24.3 Å². The van der Waals surface area contributed by atoms with Gasteiger partial charge in [-0.15, -0.1) is 0 Å². The molecule has 0 bridgehead atoms. The van der Waals surface area contributed by atoms with E-state index < -0.39 is 4.92 Å². The van der Waals surface area contributed by atoms with Crippen LogP contribution in [-0.4, -0.2) is 10.7 Å². The van der Waals surface area contributed by atoms with Crippen molar-refractivity contribution in [3.63, 3.8) is 0 Å². The summed E-state index contributed by atoms with van der Waals surface area (Å²) in [6.45, 7) is 0. The van der Waals surface area contributed by atoms with Crippen LogP contribution in [0.4, 0.5) is 11.4 Å². The third-order valence-electron chi connectivity index (χ3n) is 4.83. The lowest BCUT2D eigenvalue weighted by Gasteiger charge is -2.32. The molecule has 1 heterocycles. The molecule has 0 amide bonds. The van der Waals surface area contributed by atoms with Gasteiger partial charge < -0.3 is 4.90 Å². The quantitative estimate of drug-likeness (QED) is 0.333. The molecular weight excluding hydrogens is 364 g/mol. The van der Waals surface area contributed by atoms with E-state index in [1.165, 1.54) is 12.1 Å². The van der Waals surface area contributed by atoms with Gasteiger partial charge in [0.05, 0.1) is 11.0 Å². The first-order valence-electron chi connectivity index (χ1n) is 9.21. The molecule has 0 spiro atoms. The summed E-state index contributed by atoms with van der Waals surface area (Å²) >= 11 is 0. The zero-order valence-electron chi connectivity index (χ0n) is 15.5. The SMILES string of the molecule is O=C(C1=CN(c2ccc([N+](=O)[O-])cc2)C(c2ccccc2)C=C1)c1ccccc1. The lowest BCUT2D eigenvalue weighted by Crippen LogP contribution is -2.26. The topological polar surface area (TPSA) is 63.5 Å². The summed E-state index contributed by atoms with van der Waals surface area (Å²) in [5.41, 5.74) is 3.03. The molecule has 5 nitrogen and oxygen atoms in total. The van der Waals surface area contributed by atoms with Gasteiger partial charge in [0.25, 0.3) is 5.69 Å². The Hall–Kier alpha value is -3.99. The molecule has 4 rings (SSSR count). The molecule has 0 aromatic heterocycles. The Balaban J connectivity index is 1.74. The number of Topliss-reactive ketones (excluding diaryl/α,β-unsaturated/α-hetero) is 1. The predicted molar refractivity (Wildman–Crippen MR) is 113 cm³/mol. The Bertz CT molecular complexity index is 1090. The van der Waals surface area contributed by atoms with Crippen molar-refractivity contribution < 1.29 is 9.72 Å². The van der Waals surface area contributed by atoms with E-state index in [9.17, 15) is 14.9 Å². The number of ketones is 1. The minimum atomic E-state index is -0.422. The van der Waals surface area contributed by atoms with Gasteiger partial charge in [0.1, 0.15) is 0 Å². The Morgan fingerprint density at radius 1 is 0.862 bits per heavy atom. The molecule has 0 saturated carbocycles. The van der Waals surface area contributed by atoms with Crippen molar-refractivity contribution in [2.75, 3.05) is 4.90 Å². The molecule has 5 heteroatoms. The molecule has 0 aliphatic carbocycles. The Morgan fingerprint density at radius 2 is 1.48 bits per heavy atom. The highest BCUT2D eigenvalue weighted by molar-refractivity contribution is 6.11. The average molecular weight is 382 g/mol. The number of hydrogen-bond donors (Lipinski definition) is 0. The first-order valence-corrected chi connectivity index (χ1v) is 9.21. The van der Waals surface area contributed by atoms with E-state index in [0.717, 1.165) is 11.3 Å². The van der Waals surface area contributed by atoms with Crippen molar-refractivity contribution in [3.8, 4) is 0 Å². The molecular formula is C24H18N2O3. The van der Waals surface area contributed by atoms with Gasteiger partial charge in [-0.25, -0.2) is 0 Å². The summed E-state index contributed by atoms with van der Waals surface area (Å²) in [5, 5.41) is 11.0. The normalized spacial score (nSPS) is 15.7. The highest BCUT2D eigenvalue weighted by atomic mass is 16.6. The summed E-state index contributed by atoms with van der Waals surface area (Å²) in [6.07, 6.45) is 5.63. The van der Waals surface area contributed by atoms with Crippen LogP contribution in [-0.2, 0) is 0 Å². The second kappa shape index (κ2) is 7.94. The number of hydrogen-bond acceptors (Lipinski definition) is 4. The van der Waals surface area contributed by atoms with Crippen LogP contribution in [0.1, 0.15) is 22.0 Å². The number of carbonyl (C=O) groups is 1. The number of anilines is 1. The molecule has 1 aliphatic rings. The standard InChI is InChI=1S/C24H18N2O3/c27-24(19-9-5-2-6-10-19)20-11-16-23(18-7-3-1-4-8-18)25(17-20)21-12-14-22(15-13-21)26(28)29/h1-17,23H. The smallest absolute Gasteiger partial charge is 0.269 e. The number of allylic oxidation sites excluding steroid dienone is 2. The number of non-ortho nitro benzene ring substituents is 1. The van der Waals surface area contributed by atoms with Crippen molar-refractivity contribution >= 4 is 17.2 Å². The Kier molecular flexibility index (Phi) is 5.03. The Labute approximate surface area is 168 Å². The molecule has 0 saturated heterocycles. The number of carbonyl (C=O) groups excluding carboxylic acids is 1. The lowest BCUT2D eigenvalue weighted by atomic mass is 9.96. The molecule has 1 aliphatic heterocycles. The van der Waals surface area contributed by atoms with Crippen LogP contribution >= 0.6 is 0 Å². The fraction of sp³-hybridized carbons (Fsp3) is 0.0417. The van der Waals surface area contributed by atoms with E-state index in [-0.39, 0.29) is 17.5 Å². The largest absolute Gasteiger partial charge is 0.336 e.